The van der Waals surface area contributed by atoms with Gasteiger partial charge in [0.1, 0.15) is 0 Å². The molecular formula is C11H11F3O3. The normalized spacial score (nSPS) is 15.1. The van der Waals surface area contributed by atoms with Crippen LogP contribution < -0.4 is 0 Å². The Hall–Kier alpha value is -1.56. The van der Waals surface area contributed by atoms with E-state index in [4.69, 9.17) is 0 Å². The molecule has 94 valence electrons. The summed E-state index contributed by atoms with van der Waals surface area (Å²) in [5.74, 6) is -1.50. The van der Waals surface area contributed by atoms with E-state index in [1.54, 1.807) is 0 Å². The second kappa shape index (κ2) is 4.75. The number of esters is 1. The second-order valence-electron chi connectivity index (χ2n) is 3.24. The molecule has 1 atom stereocenters. The van der Waals surface area contributed by atoms with Crippen LogP contribution in [0.2, 0.25) is 0 Å². The number of benzene rings is 1. The summed E-state index contributed by atoms with van der Waals surface area (Å²) in [5, 5.41) is 0. The molecule has 0 amide bonds. The van der Waals surface area contributed by atoms with Gasteiger partial charge in [0.2, 0.25) is 0 Å². The number of hydrogen-bond acceptors (Lipinski definition) is 3. The summed E-state index contributed by atoms with van der Waals surface area (Å²) in [5.41, 5.74) is -3.40. The predicted molar refractivity (Wildman–Crippen MR) is 53.2 cm³/mol. The van der Waals surface area contributed by atoms with E-state index >= 15 is 0 Å². The summed E-state index contributed by atoms with van der Waals surface area (Å²) >= 11 is 0. The van der Waals surface area contributed by atoms with E-state index < -0.39 is 17.7 Å². The Morgan fingerprint density at radius 1 is 1.12 bits per heavy atom. The maximum Gasteiger partial charge on any atom is 0.432 e. The molecule has 1 unspecified atom stereocenters. The van der Waals surface area contributed by atoms with Crippen molar-refractivity contribution in [2.75, 3.05) is 14.2 Å². The first kappa shape index (κ1) is 13.5. The molecule has 0 aliphatic heterocycles. The van der Waals surface area contributed by atoms with Gasteiger partial charge in [0.25, 0.3) is 5.60 Å². The average molecular weight is 248 g/mol. The van der Waals surface area contributed by atoms with Crippen molar-refractivity contribution in [1.82, 2.24) is 0 Å². The van der Waals surface area contributed by atoms with E-state index in [1.807, 2.05) is 0 Å². The molecule has 0 fully saturated rings. The first-order chi connectivity index (χ1) is 7.90. The van der Waals surface area contributed by atoms with Gasteiger partial charge in [-0.1, -0.05) is 30.3 Å². The van der Waals surface area contributed by atoms with Crippen molar-refractivity contribution in [2.45, 2.75) is 11.8 Å². The first-order valence-corrected chi connectivity index (χ1v) is 4.66. The molecule has 1 aromatic carbocycles. The van der Waals surface area contributed by atoms with E-state index in [0.29, 0.717) is 0 Å². The van der Waals surface area contributed by atoms with Crippen LogP contribution in [0.5, 0.6) is 0 Å². The molecule has 0 N–H and O–H groups in total. The first-order valence-electron chi connectivity index (χ1n) is 4.66. The molecule has 3 nitrogen and oxygen atoms in total. The van der Waals surface area contributed by atoms with Gasteiger partial charge in [-0.05, 0) is 0 Å². The lowest BCUT2D eigenvalue weighted by molar-refractivity contribution is -0.275. The van der Waals surface area contributed by atoms with Crippen LogP contribution in [0.1, 0.15) is 5.56 Å². The molecule has 0 saturated carbocycles. The van der Waals surface area contributed by atoms with Crippen LogP contribution in [-0.4, -0.2) is 26.4 Å². The Balaban J connectivity index is 3.43. The SMILES string of the molecule is COC(=O)C(OC)(c1ccccc1)C(F)(F)F. The fourth-order valence-electron chi connectivity index (χ4n) is 1.53. The second-order valence-corrected chi connectivity index (χ2v) is 3.24. The molecule has 0 aromatic heterocycles. The summed E-state index contributed by atoms with van der Waals surface area (Å²) < 4.78 is 47.9. The summed E-state index contributed by atoms with van der Waals surface area (Å²) in [6, 6.07) is 6.63. The topological polar surface area (TPSA) is 35.5 Å². The van der Waals surface area contributed by atoms with Crippen LogP contribution in [0.3, 0.4) is 0 Å². The largest absolute Gasteiger partial charge is 0.466 e. The van der Waals surface area contributed by atoms with E-state index in [0.717, 1.165) is 26.4 Å². The van der Waals surface area contributed by atoms with E-state index in [2.05, 4.69) is 9.47 Å². The Kier molecular flexibility index (Phi) is 3.77. The van der Waals surface area contributed by atoms with Gasteiger partial charge < -0.3 is 9.47 Å². The monoisotopic (exact) mass is 248 g/mol. The highest BCUT2D eigenvalue weighted by atomic mass is 19.4. The molecule has 1 aromatic rings. The van der Waals surface area contributed by atoms with Crippen LogP contribution in [0.25, 0.3) is 0 Å². The zero-order valence-electron chi connectivity index (χ0n) is 9.25. The van der Waals surface area contributed by atoms with Crippen LogP contribution in [-0.2, 0) is 19.9 Å². The Morgan fingerprint density at radius 2 is 1.65 bits per heavy atom. The standard InChI is InChI=1S/C11H11F3O3/c1-16-9(15)10(17-2,11(12,13)14)8-6-4-3-5-7-8/h3-7H,1-2H3. The minimum absolute atomic E-state index is 0.318. The van der Waals surface area contributed by atoms with Gasteiger partial charge in [-0.25, -0.2) is 4.79 Å². The van der Waals surface area contributed by atoms with Crippen molar-refractivity contribution in [3.63, 3.8) is 0 Å². The maximum atomic E-state index is 13.1. The molecule has 0 aliphatic carbocycles. The molecule has 1 rings (SSSR count). The third-order valence-corrected chi connectivity index (χ3v) is 2.36. The Labute approximate surface area is 96.1 Å². The fraction of sp³-hybridized carbons (Fsp3) is 0.364. The molecule has 0 aliphatic rings. The molecular weight excluding hydrogens is 237 g/mol. The number of rotatable bonds is 3. The van der Waals surface area contributed by atoms with E-state index in [1.165, 1.54) is 18.2 Å². The molecule has 0 bridgehead atoms. The number of carbonyl (C=O) groups is 1. The zero-order chi connectivity index (χ0) is 13.1. The van der Waals surface area contributed by atoms with Gasteiger partial charge in [0.15, 0.2) is 0 Å². The van der Waals surface area contributed by atoms with Crippen LogP contribution >= 0.6 is 0 Å². The van der Waals surface area contributed by atoms with Gasteiger partial charge in [-0.3, -0.25) is 0 Å². The number of carbonyl (C=O) groups excluding carboxylic acids is 1. The smallest absolute Gasteiger partial charge is 0.432 e. The lowest BCUT2D eigenvalue weighted by atomic mass is 9.93. The van der Waals surface area contributed by atoms with Crippen molar-refractivity contribution in [3.05, 3.63) is 35.9 Å². The number of ether oxygens (including phenoxy) is 2. The highest BCUT2D eigenvalue weighted by Gasteiger charge is 2.63. The van der Waals surface area contributed by atoms with Crippen LogP contribution in [0, 0.1) is 0 Å². The van der Waals surface area contributed by atoms with E-state index in [9.17, 15) is 18.0 Å². The average Bonchev–Trinajstić information content (AvgIpc) is 2.30. The van der Waals surface area contributed by atoms with Crippen molar-refractivity contribution < 1.29 is 27.4 Å². The Morgan fingerprint density at radius 3 is 2.00 bits per heavy atom. The lowest BCUT2D eigenvalue weighted by Gasteiger charge is -2.31. The van der Waals surface area contributed by atoms with Gasteiger partial charge in [-0.2, -0.15) is 13.2 Å². The molecule has 0 heterocycles. The number of methoxy groups -OCH3 is 2. The highest BCUT2D eigenvalue weighted by molar-refractivity contribution is 5.82. The molecule has 0 radical (unpaired) electrons. The number of hydrogen-bond donors (Lipinski definition) is 0. The van der Waals surface area contributed by atoms with Crippen molar-refractivity contribution in [3.8, 4) is 0 Å². The van der Waals surface area contributed by atoms with Crippen molar-refractivity contribution in [2.24, 2.45) is 0 Å². The van der Waals surface area contributed by atoms with Gasteiger partial charge in [0, 0.05) is 12.7 Å². The Bertz CT molecular complexity index is 389. The summed E-state index contributed by atoms with van der Waals surface area (Å²) in [4.78, 5) is 11.4. The van der Waals surface area contributed by atoms with Crippen LogP contribution in [0.15, 0.2) is 30.3 Å². The lowest BCUT2D eigenvalue weighted by Crippen LogP contribution is -2.51. The number of halogens is 3. The summed E-state index contributed by atoms with van der Waals surface area (Å²) in [7, 11) is 1.70. The summed E-state index contributed by atoms with van der Waals surface area (Å²) in [6.45, 7) is 0. The molecule has 0 saturated heterocycles. The van der Waals surface area contributed by atoms with E-state index in [-0.39, 0.29) is 5.56 Å². The van der Waals surface area contributed by atoms with Gasteiger partial charge in [-0.15, -0.1) is 0 Å². The van der Waals surface area contributed by atoms with Crippen molar-refractivity contribution >= 4 is 5.97 Å². The third-order valence-electron chi connectivity index (χ3n) is 2.36. The predicted octanol–water partition coefficient (Wildman–Crippen LogP) is 2.26. The molecule has 17 heavy (non-hydrogen) atoms. The number of alkyl halides is 3. The van der Waals surface area contributed by atoms with Crippen LogP contribution in [0.4, 0.5) is 13.2 Å². The quantitative estimate of drug-likeness (QED) is 0.770. The molecule has 6 heteroatoms. The maximum absolute atomic E-state index is 13.1. The third kappa shape index (κ3) is 2.12. The minimum atomic E-state index is -4.91. The molecule has 0 spiro atoms. The van der Waals surface area contributed by atoms with Crippen molar-refractivity contribution in [1.29, 1.82) is 0 Å². The highest BCUT2D eigenvalue weighted by Crippen LogP contribution is 2.42. The fourth-order valence-corrected chi connectivity index (χ4v) is 1.53. The van der Waals surface area contributed by atoms with Gasteiger partial charge in [0.05, 0.1) is 7.11 Å². The minimum Gasteiger partial charge on any atom is -0.466 e. The van der Waals surface area contributed by atoms with Gasteiger partial charge >= 0.3 is 12.1 Å². The zero-order valence-corrected chi connectivity index (χ0v) is 9.25. The summed E-state index contributed by atoms with van der Waals surface area (Å²) in [6.07, 6.45) is -4.91.